The Kier molecular flexibility index (Phi) is 5.35. The molecule has 1 aromatic carbocycles. The Bertz CT molecular complexity index is 1050. The van der Waals surface area contributed by atoms with Gasteiger partial charge in [0.15, 0.2) is 11.3 Å². The van der Waals surface area contributed by atoms with E-state index in [1.807, 2.05) is 36.5 Å². The molecule has 0 fully saturated rings. The lowest BCUT2D eigenvalue weighted by molar-refractivity contribution is 0.329. The van der Waals surface area contributed by atoms with Crippen LogP contribution in [0.15, 0.2) is 71.5 Å². The first-order valence-electron chi connectivity index (χ1n) is 9.32. The van der Waals surface area contributed by atoms with Crippen molar-refractivity contribution in [3.63, 3.8) is 0 Å². The standard InChI is InChI=1S/C23H23N3O2/c1-26(11-8-20-7-3-4-10-25-20)16-17-12-19-14-21(18-6-5-9-24-15-18)28-23(19)22(13-17)27-2/h3-7,9-10,12-15H,8,11,16H2,1-2H3. The van der Waals surface area contributed by atoms with E-state index in [4.69, 9.17) is 9.15 Å². The minimum absolute atomic E-state index is 0.751. The number of benzene rings is 1. The molecule has 0 saturated carbocycles. The predicted molar refractivity (Wildman–Crippen MR) is 110 cm³/mol. The van der Waals surface area contributed by atoms with Gasteiger partial charge in [-0.3, -0.25) is 9.97 Å². The molecule has 4 rings (SSSR count). The van der Waals surface area contributed by atoms with Crippen LogP contribution in [0.5, 0.6) is 5.75 Å². The highest BCUT2D eigenvalue weighted by Gasteiger charge is 2.13. The molecule has 0 radical (unpaired) electrons. The molecule has 0 N–H and O–H groups in total. The third-order valence-electron chi connectivity index (χ3n) is 4.74. The monoisotopic (exact) mass is 373 g/mol. The number of nitrogens with zero attached hydrogens (tertiary/aromatic N) is 3. The van der Waals surface area contributed by atoms with Crippen molar-refractivity contribution in [1.29, 1.82) is 0 Å². The van der Waals surface area contributed by atoms with E-state index in [0.717, 1.165) is 53.2 Å². The molecule has 0 aliphatic heterocycles. The predicted octanol–water partition coefficient (Wildman–Crippen LogP) is 4.57. The van der Waals surface area contributed by atoms with Gasteiger partial charge in [0.1, 0.15) is 5.76 Å². The van der Waals surface area contributed by atoms with Crippen LogP contribution in [-0.4, -0.2) is 35.6 Å². The normalized spacial score (nSPS) is 11.2. The van der Waals surface area contributed by atoms with Crippen molar-refractivity contribution in [2.75, 3.05) is 20.7 Å². The van der Waals surface area contributed by atoms with Crippen LogP contribution in [0.3, 0.4) is 0 Å². The summed E-state index contributed by atoms with van der Waals surface area (Å²) in [6.07, 6.45) is 6.32. The van der Waals surface area contributed by atoms with E-state index in [1.165, 1.54) is 5.56 Å². The topological polar surface area (TPSA) is 51.4 Å². The molecular formula is C23H23N3O2. The summed E-state index contributed by atoms with van der Waals surface area (Å²) in [6, 6.07) is 16.2. The second kappa shape index (κ2) is 8.23. The molecule has 3 heterocycles. The SMILES string of the molecule is COc1cc(CN(C)CCc2ccccn2)cc2cc(-c3cccnc3)oc12. The van der Waals surface area contributed by atoms with Crippen LogP contribution in [-0.2, 0) is 13.0 Å². The van der Waals surface area contributed by atoms with Crippen LogP contribution in [0.2, 0.25) is 0 Å². The summed E-state index contributed by atoms with van der Waals surface area (Å²) in [5, 5.41) is 1.03. The Hall–Kier alpha value is -3.18. The van der Waals surface area contributed by atoms with Crippen LogP contribution in [0, 0.1) is 0 Å². The summed E-state index contributed by atoms with van der Waals surface area (Å²) < 4.78 is 11.6. The van der Waals surface area contributed by atoms with E-state index in [-0.39, 0.29) is 0 Å². The van der Waals surface area contributed by atoms with Crippen molar-refractivity contribution >= 4 is 11.0 Å². The van der Waals surface area contributed by atoms with Crippen molar-refractivity contribution in [3.8, 4) is 17.1 Å². The zero-order valence-corrected chi connectivity index (χ0v) is 16.1. The van der Waals surface area contributed by atoms with Crippen LogP contribution in [0.25, 0.3) is 22.3 Å². The largest absolute Gasteiger partial charge is 0.493 e. The van der Waals surface area contributed by atoms with E-state index in [2.05, 4.69) is 40.1 Å². The van der Waals surface area contributed by atoms with Gasteiger partial charge in [-0.15, -0.1) is 0 Å². The highest BCUT2D eigenvalue weighted by molar-refractivity contribution is 5.88. The fraction of sp³-hybridized carbons (Fsp3) is 0.217. The van der Waals surface area contributed by atoms with Gasteiger partial charge in [0.25, 0.3) is 0 Å². The van der Waals surface area contributed by atoms with Crippen molar-refractivity contribution in [2.24, 2.45) is 0 Å². The average molecular weight is 373 g/mol. The third-order valence-corrected chi connectivity index (χ3v) is 4.74. The summed E-state index contributed by atoms with van der Waals surface area (Å²) >= 11 is 0. The molecule has 0 unspecified atom stereocenters. The van der Waals surface area contributed by atoms with E-state index >= 15 is 0 Å². The van der Waals surface area contributed by atoms with Crippen LogP contribution < -0.4 is 4.74 Å². The molecule has 142 valence electrons. The Balaban J connectivity index is 1.54. The van der Waals surface area contributed by atoms with Crippen LogP contribution >= 0.6 is 0 Å². The van der Waals surface area contributed by atoms with Gasteiger partial charge >= 0.3 is 0 Å². The van der Waals surface area contributed by atoms with Gasteiger partial charge in [0.05, 0.1) is 7.11 Å². The van der Waals surface area contributed by atoms with Gasteiger partial charge in [0, 0.05) is 54.7 Å². The lowest BCUT2D eigenvalue weighted by Gasteiger charge is -2.17. The Labute approximate surface area is 164 Å². The molecule has 0 saturated heterocycles. The molecule has 0 spiro atoms. The summed E-state index contributed by atoms with van der Waals surface area (Å²) in [5.41, 5.74) is 4.01. The molecular weight excluding hydrogens is 350 g/mol. The summed E-state index contributed by atoms with van der Waals surface area (Å²) in [6.45, 7) is 1.76. The van der Waals surface area contributed by atoms with Gasteiger partial charge in [-0.05, 0) is 55.1 Å². The molecule has 5 nitrogen and oxygen atoms in total. The van der Waals surface area contributed by atoms with E-state index in [0.29, 0.717) is 0 Å². The molecule has 0 bridgehead atoms. The highest BCUT2D eigenvalue weighted by Crippen LogP contribution is 2.34. The maximum atomic E-state index is 6.05. The average Bonchev–Trinajstić information content (AvgIpc) is 3.17. The second-order valence-electron chi connectivity index (χ2n) is 6.88. The van der Waals surface area contributed by atoms with Crippen LogP contribution in [0.4, 0.5) is 0 Å². The lowest BCUT2D eigenvalue weighted by Crippen LogP contribution is -2.21. The number of aromatic nitrogens is 2. The van der Waals surface area contributed by atoms with E-state index < -0.39 is 0 Å². The zero-order valence-electron chi connectivity index (χ0n) is 16.1. The number of ether oxygens (including phenoxy) is 1. The second-order valence-corrected chi connectivity index (χ2v) is 6.88. The lowest BCUT2D eigenvalue weighted by atomic mass is 10.1. The minimum atomic E-state index is 0.751. The fourth-order valence-corrected chi connectivity index (χ4v) is 3.32. The summed E-state index contributed by atoms with van der Waals surface area (Å²) in [7, 11) is 3.80. The first-order valence-corrected chi connectivity index (χ1v) is 9.32. The molecule has 5 heteroatoms. The maximum Gasteiger partial charge on any atom is 0.176 e. The Morgan fingerprint density at radius 3 is 2.75 bits per heavy atom. The molecule has 3 aromatic heterocycles. The number of hydrogen-bond acceptors (Lipinski definition) is 5. The molecule has 4 aromatic rings. The Morgan fingerprint density at radius 1 is 1.07 bits per heavy atom. The van der Waals surface area contributed by atoms with Gasteiger partial charge in [-0.25, -0.2) is 0 Å². The molecule has 0 aliphatic rings. The molecule has 0 atom stereocenters. The van der Waals surface area contributed by atoms with Gasteiger partial charge in [0.2, 0.25) is 0 Å². The van der Waals surface area contributed by atoms with Gasteiger partial charge in [-0.1, -0.05) is 6.07 Å². The van der Waals surface area contributed by atoms with Gasteiger partial charge in [-0.2, -0.15) is 0 Å². The number of likely N-dealkylation sites (N-methyl/N-ethyl adjacent to an activating group) is 1. The molecule has 28 heavy (non-hydrogen) atoms. The highest BCUT2D eigenvalue weighted by atomic mass is 16.5. The number of furan rings is 1. The Morgan fingerprint density at radius 2 is 2.00 bits per heavy atom. The molecule has 0 aliphatic carbocycles. The first kappa shape index (κ1) is 18.2. The van der Waals surface area contributed by atoms with E-state index in [1.54, 1.807) is 19.5 Å². The minimum Gasteiger partial charge on any atom is -0.493 e. The third kappa shape index (κ3) is 4.05. The first-order chi connectivity index (χ1) is 13.7. The molecule has 0 amide bonds. The van der Waals surface area contributed by atoms with Crippen molar-refractivity contribution in [1.82, 2.24) is 14.9 Å². The number of rotatable bonds is 7. The zero-order chi connectivity index (χ0) is 19.3. The van der Waals surface area contributed by atoms with E-state index in [9.17, 15) is 0 Å². The van der Waals surface area contributed by atoms with Gasteiger partial charge < -0.3 is 14.1 Å². The quantitative estimate of drug-likeness (QED) is 0.475. The van der Waals surface area contributed by atoms with Crippen molar-refractivity contribution in [2.45, 2.75) is 13.0 Å². The number of pyridine rings is 2. The smallest absolute Gasteiger partial charge is 0.176 e. The van der Waals surface area contributed by atoms with Crippen molar-refractivity contribution in [3.05, 3.63) is 78.4 Å². The number of hydrogen-bond donors (Lipinski definition) is 0. The van der Waals surface area contributed by atoms with Crippen LogP contribution in [0.1, 0.15) is 11.3 Å². The summed E-state index contributed by atoms with van der Waals surface area (Å²) in [4.78, 5) is 10.9. The maximum absolute atomic E-state index is 6.05. The number of methoxy groups -OCH3 is 1. The summed E-state index contributed by atoms with van der Waals surface area (Å²) in [5.74, 6) is 1.54. The fourth-order valence-electron chi connectivity index (χ4n) is 3.32. The van der Waals surface area contributed by atoms with Crippen molar-refractivity contribution < 1.29 is 9.15 Å². The number of fused-ring (bicyclic) bond motifs is 1.